The molecule has 39 heavy (non-hydrogen) atoms. The Bertz CT molecular complexity index is 792. The zero-order valence-electron chi connectivity index (χ0n) is 25.3. The summed E-state index contributed by atoms with van der Waals surface area (Å²) in [5.74, 6) is 4.32. The second kappa shape index (κ2) is 12.2. The Kier molecular flexibility index (Phi) is 9.03. The Morgan fingerprint density at radius 2 is 1.49 bits per heavy atom. The lowest BCUT2D eigenvalue weighted by Gasteiger charge is -2.63. The molecule has 2 saturated heterocycles. The predicted molar refractivity (Wildman–Crippen MR) is 153 cm³/mol. The smallest absolute Gasteiger partial charge is 0.157 e. The summed E-state index contributed by atoms with van der Waals surface area (Å²) in [5.41, 5.74) is 0.806. The molecule has 4 aliphatic carbocycles. The first kappa shape index (κ1) is 28.9. The molecule has 0 aromatic rings. The number of fused-ring (bicyclic) bond motifs is 5. The lowest BCUT2D eigenvalue weighted by molar-refractivity contribution is -0.258. The molecular formula is C34H58O5. The topological polar surface area (TPSA) is 57.2 Å². The van der Waals surface area contributed by atoms with Gasteiger partial charge in [-0.05, 0) is 149 Å². The van der Waals surface area contributed by atoms with E-state index in [0.717, 1.165) is 50.2 Å². The van der Waals surface area contributed by atoms with Crippen LogP contribution in [0.3, 0.4) is 0 Å². The highest BCUT2D eigenvalue weighted by molar-refractivity contribution is 5.12. The maximum absolute atomic E-state index is 9.50. The van der Waals surface area contributed by atoms with Crippen molar-refractivity contribution in [3.8, 4) is 0 Å². The molecule has 6 aliphatic rings. The van der Waals surface area contributed by atoms with Crippen LogP contribution < -0.4 is 0 Å². The molecule has 2 heterocycles. The molecule has 0 amide bonds. The van der Waals surface area contributed by atoms with Crippen LogP contribution in [0.5, 0.6) is 0 Å². The molecule has 224 valence electrons. The van der Waals surface area contributed by atoms with E-state index in [-0.39, 0.29) is 12.6 Å². The van der Waals surface area contributed by atoms with E-state index in [1.807, 2.05) is 0 Å². The maximum Gasteiger partial charge on any atom is 0.157 e. The maximum atomic E-state index is 9.50. The second-order valence-electron chi connectivity index (χ2n) is 15.1. The molecule has 1 N–H and O–H groups in total. The first-order chi connectivity index (χ1) is 18.9. The number of rotatable bonds is 8. The van der Waals surface area contributed by atoms with E-state index in [2.05, 4.69) is 20.8 Å². The monoisotopic (exact) mass is 546 g/mol. The molecule has 0 radical (unpaired) electrons. The van der Waals surface area contributed by atoms with Crippen LogP contribution in [0.25, 0.3) is 0 Å². The summed E-state index contributed by atoms with van der Waals surface area (Å²) in [6, 6.07) is 0. The first-order valence-corrected chi connectivity index (χ1v) is 17.1. The number of ether oxygens (including phenoxy) is 4. The molecule has 6 rings (SSSR count). The number of hydrogen-bond donors (Lipinski definition) is 1. The van der Waals surface area contributed by atoms with Crippen LogP contribution in [0.2, 0.25) is 0 Å². The number of hydrogen-bond acceptors (Lipinski definition) is 5. The second-order valence-corrected chi connectivity index (χ2v) is 15.1. The van der Waals surface area contributed by atoms with Crippen LogP contribution >= 0.6 is 0 Å². The minimum Gasteiger partial charge on any atom is -0.396 e. The van der Waals surface area contributed by atoms with Crippen molar-refractivity contribution in [3.63, 3.8) is 0 Å². The molecule has 12 atom stereocenters. The fourth-order valence-corrected chi connectivity index (χ4v) is 11.1. The van der Waals surface area contributed by atoms with Crippen molar-refractivity contribution in [1.29, 1.82) is 0 Å². The van der Waals surface area contributed by atoms with Gasteiger partial charge in [-0.1, -0.05) is 20.8 Å². The highest BCUT2D eigenvalue weighted by atomic mass is 16.7. The molecule has 0 aromatic carbocycles. The SMILES string of the molecule is C[C@H](CCCO)[C@H]1CC[C@H]2[C@@H]3[C@@H](OC4CCCCO4)C[C@@H]4C[C@H](OC5CCCCO5)CC[C@]4(C)[C@H]3CC[C@]12C. The Hall–Kier alpha value is -0.200. The third kappa shape index (κ3) is 5.63. The van der Waals surface area contributed by atoms with Gasteiger partial charge in [0.05, 0.1) is 12.2 Å². The fourth-order valence-electron chi connectivity index (χ4n) is 11.1. The molecule has 5 heteroatoms. The van der Waals surface area contributed by atoms with Gasteiger partial charge >= 0.3 is 0 Å². The summed E-state index contributed by atoms with van der Waals surface area (Å²) in [7, 11) is 0. The molecule has 4 saturated carbocycles. The van der Waals surface area contributed by atoms with Gasteiger partial charge < -0.3 is 24.1 Å². The Balaban J connectivity index is 1.23. The third-order valence-electron chi connectivity index (χ3n) is 13.1. The summed E-state index contributed by atoms with van der Waals surface area (Å²) in [4.78, 5) is 0. The normalized spacial score (nSPS) is 49.1. The van der Waals surface area contributed by atoms with Crippen LogP contribution in [0, 0.1) is 46.3 Å². The number of aliphatic hydroxyl groups is 1. The quantitative estimate of drug-likeness (QED) is 0.320. The van der Waals surface area contributed by atoms with Gasteiger partial charge in [0.15, 0.2) is 12.6 Å². The van der Waals surface area contributed by atoms with Gasteiger partial charge in [-0.15, -0.1) is 0 Å². The average molecular weight is 547 g/mol. The average Bonchev–Trinajstić information content (AvgIpc) is 3.31. The van der Waals surface area contributed by atoms with E-state index in [9.17, 15) is 5.11 Å². The molecule has 5 nitrogen and oxygen atoms in total. The minimum atomic E-state index is -0.00565. The third-order valence-corrected chi connectivity index (χ3v) is 13.1. The minimum absolute atomic E-state index is 0.00565. The van der Waals surface area contributed by atoms with E-state index in [0.29, 0.717) is 47.4 Å². The van der Waals surface area contributed by atoms with Crippen molar-refractivity contribution in [2.75, 3.05) is 19.8 Å². The van der Waals surface area contributed by atoms with E-state index >= 15 is 0 Å². The molecule has 0 aromatic heterocycles. The zero-order valence-corrected chi connectivity index (χ0v) is 25.3. The summed E-state index contributed by atoms with van der Waals surface area (Å²) in [5, 5.41) is 9.50. The van der Waals surface area contributed by atoms with Gasteiger partial charge in [0.25, 0.3) is 0 Å². The van der Waals surface area contributed by atoms with E-state index in [4.69, 9.17) is 18.9 Å². The molecule has 6 fully saturated rings. The standard InChI is InChI=1S/C34H58O5/c1-23(9-8-18-35)26-12-13-27-32-28(15-17-34(26,27)3)33(2)16-14-25(38-30-10-4-6-19-36-30)21-24(33)22-29(32)39-31-11-5-7-20-37-31/h23-32,35H,4-22H2,1-3H3/t23-,24+,25-,26-,27+,28+,29+,30?,31?,32+,33+,34-/m1/s1. The van der Waals surface area contributed by atoms with Crippen molar-refractivity contribution in [3.05, 3.63) is 0 Å². The van der Waals surface area contributed by atoms with Gasteiger partial charge in [0.1, 0.15) is 0 Å². The van der Waals surface area contributed by atoms with Crippen LogP contribution in [0.15, 0.2) is 0 Å². The van der Waals surface area contributed by atoms with Crippen LogP contribution in [-0.2, 0) is 18.9 Å². The van der Waals surface area contributed by atoms with Crippen LogP contribution in [0.1, 0.15) is 124 Å². The van der Waals surface area contributed by atoms with Crippen molar-refractivity contribution < 1.29 is 24.1 Å². The number of aliphatic hydroxyl groups excluding tert-OH is 1. The van der Waals surface area contributed by atoms with Crippen molar-refractivity contribution >= 4 is 0 Å². The van der Waals surface area contributed by atoms with Gasteiger partial charge in [-0.3, -0.25) is 0 Å². The summed E-state index contributed by atoms with van der Waals surface area (Å²) in [6.07, 6.45) is 20.0. The fraction of sp³-hybridized carbons (Fsp3) is 1.00. The van der Waals surface area contributed by atoms with E-state index < -0.39 is 0 Å². The Labute approximate surface area is 238 Å². The van der Waals surface area contributed by atoms with Gasteiger partial charge in [-0.2, -0.15) is 0 Å². The lowest BCUT2D eigenvalue weighted by atomic mass is 9.43. The summed E-state index contributed by atoms with van der Waals surface area (Å²) >= 11 is 0. The van der Waals surface area contributed by atoms with Gasteiger partial charge in [0.2, 0.25) is 0 Å². The van der Waals surface area contributed by atoms with E-state index in [1.54, 1.807) is 0 Å². The largest absolute Gasteiger partial charge is 0.396 e. The van der Waals surface area contributed by atoms with Gasteiger partial charge in [0, 0.05) is 19.8 Å². The molecule has 2 aliphatic heterocycles. The first-order valence-electron chi connectivity index (χ1n) is 17.1. The highest BCUT2D eigenvalue weighted by Crippen LogP contribution is 2.69. The lowest BCUT2D eigenvalue weighted by Crippen LogP contribution is -2.60. The molecular weight excluding hydrogens is 488 g/mol. The van der Waals surface area contributed by atoms with Crippen molar-refractivity contribution in [2.24, 2.45) is 46.3 Å². The van der Waals surface area contributed by atoms with Crippen molar-refractivity contribution in [1.82, 2.24) is 0 Å². The van der Waals surface area contributed by atoms with Crippen LogP contribution in [0.4, 0.5) is 0 Å². The molecule has 0 bridgehead atoms. The Morgan fingerprint density at radius 1 is 0.795 bits per heavy atom. The van der Waals surface area contributed by atoms with E-state index in [1.165, 1.54) is 83.5 Å². The zero-order chi connectivity index (χ0) is 27.0. The highest BCUT2D eigenvalue weighted by Gasteiger charge is 2.63. The van der Waals surface area contributed by atoms with Crippen molar-refractivity contribution in [2.45, 2.75) is 148 Å². The van der Waals surface area contributed by atoms with Gasteiger partial charge in [-0.25, -0.2) is 0 Å². The Morgan fingerprint density at radius 3 is 2.18 bits per heavy atom. The molecule has 2 unspecified atom stereocenters. The van der Waals surface area contributed by atoms with Crippen LogP contribution in [-0.4, -0.2) is 49.7 Å². The summed E-state index contributed by atoms with van der Waals surface area (Å²) < 4.78 is 25.9. The predicted octanol–water partition coefficient (Wildman–Crippen LogP) is 7.49. The molecule has 0 spiro atoms. The summed E-state index contributed by atoms with van der Waals surface area (Å²) in [6.45, 7) is 9.83.